The van der Waals surface area contributed by atoms with Crippen molar-refractivity contribution in [1.29, 1.82) is 0 Å². The Labute approximate surface area is 214 Å². The van der Waals surface area contributed by atoms with E-state index in [0.29, 0.717) is 41.3 Å². The molecule has 0 radical (unpaired) electrons. The average molecular weight is 503 g/mol. The summed E-state index contributed by atoms with van der Waals surface area (Å²) in [5, 5.41) is 3.89. The van der Waals surface area contributed by atoms with Gasteiger partial charge in [0.15, 0.2) is 5.82 Å². The number of rotatable bonds is 10. The Hall–Kier alpha value is -4.27. The van der Waals surface area contributed by atoms with Crippen LogP contribution < -0.4 is 16.2 Å². The second-order valence-electron chi connectivity index (χ2n) is 8.87. The van der Waals surface area contributed by atoms with Crippen LogP contribution in [-0.2, 0) is 17.6 Å². The molecule has 192 valence electrons. The van der Waals surface area contributed by atoms with Gasteiger partial charge in [-0.1, -0.05) is 67.9 Å². The summed E-state index contributed by atoms with van der Waals surface area (Å²) in [6, 6.07) is 15.5. The molecular formula is C28H30N4O5. The zero-order valence-electron chi connectivity index (χ0n) is 21.2. The van der Waals surface area contributed by atoms with Gasteiger partial charge in [0.2, 0.25) is 0 Å². The highest BCUT2D eigenvalue weighted by Crippen LogP contribution is 2.31. The number of hydrogen-bond acceptors (Lipinski definition) is 7. The number of nitrogens with zero attached hydrogens (tertiary/aromatic N) is 3. The highest BCUT2D eigenvalue weighted by molar-refractivity contribution is 5.81. The number of hydrogen-bond donors (Lipinski definition) is 1. The van der Waals surface area contributed by atoms with Gasteiger partial charge >= 0.3 is 11.7 Å². The van der Waals surface area contributed by atoms with Gasteiger partial charge in [-0.3, -0.25) is 14.3 Å². The van der Waals surface area contributed by atoms with Crippen molar-refractivity contribution in [2.24, 2.45) is 0 Å². The molecule has 0 amide bonds. The number of carbonyl (C=O) groups is 1. The van der Waals surface area contributed by atoms with Crippen LogP contribution in [0.25, 0.3) is 22.5 Å². The number of nitrogens with one attached hydrogen (secondary N) is 1. The monoisotopic (exact) mass is 502 g/mol. The average Bonchev–Trinajstić information content (AvgIpc) is 3.33. The quantitative estimate of drug-likeness (QED) is 0.344. The van der Waals surface area contributed by atoms with Gasteiger partial charge in [-0.2, -0.15) is 9.71 Å². The Morgan fingerprint density at radius 1 is 1.05 bits per heavy atom. The van der Waals surface area contributed by atoms with E-state index in [4.69, 9.17) is 9.36 Å². The number of aromatic nitrogens is 4. The van der Waals surface area contributed by atoms with Crippen molar-refractivity contribution in [1.82, 2.24) is 19.9 Å². The lowest BCUT2D eigenvalue weighted by Gasteiger charge is -2.18. The van der Waals surface area contributed by atoms with Gasteiger partial charge in [-0.05, 0) is 48.9 Å². The lowest BCUT2D eigenvalue weighted by Crippen LogP contribution is -2.31. The normalized spacial score (nSPS) is 11.0. The minimum atomic E-state index is -0.652. The van der Waals surface area contributed by atoms with Gasteiger partial charge < -0.3 is 4.84 Å². The van der Waals surface area contributed by atoms with Crippen LogP contribution in [0.3, 0.4) is 0 Å². The van der Waals surface area contributed by atoms with Crippen molar-refractivity contribution >= 4 is 5.97 Å². The van der Waals surface area contributed by atoms with E-state index in [-0.39, 0.29) is 24.4 Å². The minimum Gasteiger partial charge on any atom is -0.335 e. The predicted octanol–water partition coefficient (Wildman–Crippen LogP) is 4.25. The first kappa shape index (κ1) is 25.8. The summed E-state index contributed by atoms with van der Waals surface area (Å²) in [5.41, 5.74) is 4.04. The standard InChI is InChI=1S/C28H30N4O5/c1-4-6-13-24-23(27(34)29-18(3)32(24)37-25(33)10-5-2)17-19-14-15-21(20-11-8-7-9-12-20)22(16-19)26-30-28(35)36-31-26/h7-9,11-12,14-16H,4-6,10,13,17H2,1-3H3,(H,30,31,35). The van der Waals surface area contributed by atoms with Crippen LogP contribution in [0.4, 0.5) is 0 Å². The highest BCUT2D eigenvalue weighted by atomic mass is 16.7. The molecule has 9 nitrogen and oxygen atoms in total. The molecule has 4 aromatic rings. The molecule has 0 spiro atoms. The zero-order valence-corrected chi connectivity index (χ0v) is 21.2. The van der Waals surface area contributed by atoms with Crippen molar-refractivity contribution in [2.75, 3.05) is 0 Å². The zero-order chi connectivity index (χ0) is 26.4. The number of carbonyl (C=O) groups excluding carboxylic acids is 1. The number of aryl methyl sites for hydroxylation is 1. The first-order valence-corrected chi connectivity index (χ1v) is 12.5. The van der Waals surface area contributed by atoms with Gasteiger partial charge in [0, 0.05) is 24.0 Å². The summed E-state index contributed by atoms with van der Waals surface area (Å²) in [6.45, 7) is 5.63. The van der Waals surface area contributed by atoms with Gasteiger partial charge in [0.05, 0.1) is 5.69 Å². The maximum Gasteiger partial charge on any atom is 0.439 e. The van der Waals surface area contributed by atoms with Gasteiger partial charge in [-0.25, -0.2) is 9.59 Å². The van der Waals surface area contributed by atoms with E-state index in [1.54, 1.807) is 6.92 Å². The van der Waals surface area contributed by atoms with Crippen LogP contribution in [-0.4, -0.2) is 25.8 Å². The van der Waals surface area contributed by atoms with E-state index in [9.17, 15) is 14.4 Å². The van der Waals surface area contributed by atoms with Crippen molar-refractivity contribution in [3.63, 3.8) is 0 Å². The van der Waals surface area contributed by atoms with Gasteiger partial charge in [-0.15, -0.1) is 0 Å². The maximum absolute atomic E-state index is 13.1. The number of unbranched alkanes of at least 4 members (excludes halogenated alkanes) is 1. The minimum absolute atomic E-state index is 0.265. The lowest BCUT2D eigenvalue weighted by molar-refractivity contribution is -0.145. The third-order valence-electron chi connectivity index (χ3n) is 6.07. The molecule has 0 aliphatic heterocycles. The summed E-state index contributed by atoms with van der Waals surface area (Å²) in [7, 11) is 0. The molecule has 2 aromatic carbocycles. The topological polar surface area (TPSA) is 120 Å². The molecule has 9 heteroatoms. The maximum atomic E-state index is 13.1. The first-order chi connectivity index (χ1) is 17.9. The smallest absolute Gasteiger partial charge is 0.335 e. The second kappa shape index (κ2) is 11.6. The van der Waals surface area contributed by atoms with Crippen LogP contribution in [0, 0.1) is 6.92 Å². The third-order valence-corrected chi connectivity index (χ3v) is 6.07. The molecule has 0 fully saturated rings. The van der Waals surface area contributed by atoms with Gasteiger partial charge in [0.1, 0.15) is 5.82 Å². The van der Waals surface area contributed by atoms with E-state index in [2.05, 4.69) is 22.0 Å². The molecule has 1 N–H and O–H groups in total. The molecule has 2 heterocycles. The Morgan fingerprint density at radius 3 is 2.51 bits per heavy atom. The highest BCUT2D eigenvalue weighted by Gasteiger charge is 2.20. The van der Waals surface area contributed by atoms with E-state index in [1.807, 2.05) is 55.5 Å². The van der Waals surface area contributed by atoms with Crippen molar-refractivity contribution in [2.45, 2.75) is 59.3 Å². The van der Waals surface area contributed by atoms with Crippen molar-refractivity contribution in [3.05, 3.63) is 92.1 Å². The van der Waals surface area contributed by atoms with Crippen LogP contribution >= 0.6 is 0 Å². The largest absolute Gasteiger partial charge is 0.439 e. The Balaban J connectivity index is 1.81. The van der Waals surface area contributed by atoms with E-state index < -0.39 is 5.76 Å². The Morgan fingerprint density at radius 2 is 1.84 bits per heavy atom. The summed E-state index contributed by atoms with van der Waals surface area (Å²) in [4.78, 5) is 49.5. The van der Waals surface area contributed by atoms with Crippen LogP contribution in [0.15, 0.2) is 62.6 Å². The molecule has 2 aromatic heterocycles. The molecule has 37 heavy (non-hydrogen) atoms. The fraction of sp³-hybridized carbons (Fsp3) is 0.321. The first-order valence-electron chi connectivity index (χ1n) is 12.5. The van der Waals surface area contributed by atoms with Gasteiger partial charge in [0.25, 0.3) is 5.56 Å². The molecule has 4 rings (SSSR count). The number of H-pyrrole nitrogens is 1. The second-order valence-corrected chi connectivity index (χ2v) is 8.87. The van der Waals surface area contributed by atoms with Crippen molar-refractivity contribution < 1.29 is 14.2 Å². The summed E-state index contributed by atoms with van der Waals surface area (Å²) in [5.74, 6) is -0.389. The molecular weight excluding hydrogens is 472 g/mol. The molecule has 0 aliphatic rings. The Bertz CT molecular complexity index is 1500. The third kappa shape index (κ3) is 5.94. The fourth-order valence-corrected chi connectivity index (χ4v) is 4.26. The summed E-state index contributed by atoms with van der Waals surface area (Å²) < 4.78 is 6.18. The molecule has 0 bridgehead atoms. The summed E-state index contributed by atoms with van der Waals surface area (Å²) in [6.07, 6.45) is 3.49. The van der Waals surface area contributed by atoms with Crippen LogP contribution in [0.5, 0.6) is 0 Å². The molecule has 0 aliphatic carbocycles. The van der Waals surface area contributed by atoms with Crippen LogP contribution in [0.2, 0.25) is 0 Å². The SMILES string of the molecule is CCCCc1c(Cc2ccc(-c3ccccc3)c(-c3noc(=O)[nH]3)c2)c(=O)nc(C)n1OC(=O)CCC. The van der Waals surface area contributed by atoms with E-state index in [1.165, 1.54) is 4.73 Å². The number of benzene rings is 2. The van der Waals surface area contributed by atoms with Crippen LogP contribution in [0.1, 0.15) is 62.2 Å². The van der Waals surface area contributed by atoms with E-state index in [0.717, 1.165) is 29.5 Å². The predicted molar refractivity (Wildman–Crippen MR) is 139 cm³/mol. The fourth-order valence-electron chi connectivity index (χ4n) is 4.26. The molecule has 0 atom stereocenters. The lowest BCUT2D eigenvalue weighted by atomic mass is 9.94. The molecule has 0 saturated heterocycles. The molecule has 0 saturated carbocycles. The van der Waals surface area contributed by atoms with Crippen molar-refractivity contribution in [3.8, 4) is 22.5 Å². The molecule has 0 unspecified atom stereocenters. The van der Waals surface area contributed by atoms with E-state index >= 15 is 0 Å². The summed E-state index contributed by atoms with van der Waals surface area (Å²) >= 11 is 0. The number of aromatic amines is 1. The Kier molecular flexibility index (Phi) is 8.12.